The molecule has 1 aromatic carbocycles. The maximum atomic E-state index is 5.00. The van der Waals surface area contributed by atoms with Crippen LogP contribution in [0.4, 0.5) is 11.5 Å². The van der Waals surface area contributed by atoms with Crippen molar-refractivity contribution < 1.29 is 4.74 Å². The first-order valence-electron chi connectivity index (χ1n) is 4.85. The number of ether oxygens (including phenoxy) is 1. The van der Waals surface area contributed by atoms with Crippen LogP contribution in [0.3, 0.4) is 0 Å². The van der Waals surface area contributed by atoms with E-state index in [1.807, 2.05) is 30.3 Å². The molecular weight excluding hydrogens is 202 g/mol. The molecule has 0 bridgehead atoms. The highest BCUT2D eigenvalue weighted by molar-refractivity contribution is 5.37. The quantitative estimate of drug-likeness (QED) is 0.732. The van der Waals surface area contributed by atoms with Crippen molar-refractivity contribution in [1.82, 2.24) is 4.98 Å². The maximum absolute atomic E-state index is 5.00. The Hall–Kier alpha value is -2.23. The van der Waals surface area contributed by atoms with Crippen molar-refractivity contribution in [2.45, 2.75) is 0 Å². The van der Waals surface area contributed by atoms with Gasteiger partial charge >= 0.3 is 0 Å². The molecule has 0 unspecified atom stereocenters. The van der Waals surface area contributed by atoms with Crippen LogP contribution in [0.5, 0.6) is 5.75 Å². The van der Waals surface area contributed by atoms with Crippen LogP contribution in [0.15, 0.2) is 58.9 Å². The van der Waals surface area contributed by atoms with Crippen molar-refractivity contribution in [2.75, 3.05) is 7.11 Å². The van der Waals surface area contributed by atoms with E-state index < -0.39 is 0 Å². The molecule has 0 saturated heterocycles. The largest absolute Gasteiger partial charge is 0.495 e. The summed E-state index contributed by atoms with van der Waals surface area (Å²) >= 11 is 0. The van der Waals surface area contributed by atoms with Crippen molar-refractivity contribution in [1.29, 1.82) is 0 Å². The third kappa shape index (κ3) is 2.63. The number of benzene rings is 1. The van der Waals surface area contributed by atoms with Crippen LogP contribution in [0, 0.1) is 0 Å². The first-order chi connectivity index (χ1) is 7.88. The smallest absolute Gasteiger partial charge is 0.174 e. The SMILES string of the molecule is COc1ccc(N=Nc2ccccc2)nc1. The second-order valence-electron chi connectivity index (χ2n) is 3.09. The zero-order chi connectivity index (χ0) is 11.2. The molecule has 0 amide bonds. The molecule has 0 fully saturated rings. The molecular formula is C12H11N3O. The third-order valence-electron chi connectivity index (χ3n) is 1.98. The molecule has 2 rings (SSSR count). The van der Waals surface area contributed by atoms with E-state index in [0.29, 0.717) is 11.6 Å². The van der Waals surface area contributed by atoms with E-state index in [4.69, 9.17) is 4.74 Å². The van der Waals surface area contributed by atoms with Crippen LogP contribution in [0.25, 0.3) is 0 Å². The fourth-order valence-corrected chi connectivity index (χ4v) is 1.16. The Morgan fingerprint density at radius 1 is 1.00 bits per heavy atom. The molecule has 0 aliphatic rings. The Labute approximate surface area is 93.6 Å². The van der Waals surface area contributed by atoms with Gasteiger partial charge in [-0.05, 0) is 24.3 Å². The molecule has 0 saturated carbocycles. The summed E-state index contributed by atoms with van der Waals surface area (Å²) in [5, 5.41) is 8.06. The highest BCUT2D eigenvalue weighted by atomic mass is 16.5. The standard InChI is InChI=1S/C12H11N3O/c1-16-11-7-8-12(13-9-11)15-14-10-5-3-2-4-6-10/h2-9H,1H3. The highest BCUT2D eigenvalue weighted by Gasteiger charge is 1.93. The molecule has 0 atom stereocenters. The zero-order valence-electron chi connectivity index (χ0n) is 8.87. The molecule has 0 radical (unpaired) electrons. The third-order valence-corrected chi connectivity index (χ3v) is 1.98. The number of aromatic nitrogens is 1. The van der Waals surface area contributed by atoms with Gasteiger partial charge in [0, 0.05) is 0 Å². The number of pyridine rings is 1. The van der Waals surface area contributed by atoms with Gasteiger partial charge in [-0.1, -0.05) is 18.2 Å². The van der Waals surface area contributed by atoms with Gasteiger partial charge in [-0.15, -0.1) is 10.2 Å². The summed E-state index contributed by atoms with van der Waals surface area (Å²) in [6.45, 7) is 0. The Morgan fingerprint density at radius 3 is 2.44 bits per heavy atom. The molecule has 4 heteroatoms. The Morgan fingerprint density at radius 2 is 1.81 bits per heavy atom. The highest BCUT2D eigenvalue weighted by Crippen LogP contribution is 2.17. The van der Waals surface area contributed by atoms with Crippen molar-refractivity contribution in [2.24, 2.45) is 10.2 Å². The number of nitrogens with zero attached hydrogens (tertiary/aromatic N) is 3. The van der Waals surface area contributed by atoms with Gasteiger partial charge < -0.3 is 4.74 Å². The van der Waals surface area contributed by atoms with Crippen LogP contribution in [0.2, 0.25) is 0 Å². The van der Waals surface area contributed by atoms with E-state index in [1.54, 1.807) is 25.4 Å². The van der Waals surface area contributed by atoms with Crippen LogP contribution in [-0.4, -0.2) is 12.1 Å². The van der Waals surface area contributed by atoms with Crippen molar-refractivity contribution in [3.8, 4) is 5.75 Å². The molecule has 16 heavy (non-hydrogen) atoms. The monoisotopic (exact) mass is 213 g/mol. The normalized spacial score (nSPS) is 10.6. The fraction of sp³-hybridized carbons (Fsp3) is 0.0833. The van der Waals surface area contributed by atoms with Crippen LogP contribution in [0.1, 0.15) is 0 Å². The van der Waals surface area contributed by atoms with Gasteiger partial charge in [0.25, 0.3) is 0 Å². The summed E-state index contributed by atoms with van der Waals surface area (Å²) in [4.78, 5) is 4.08. The van der Waals surface area contributed by atoms with E-state index >= 15 is 0 Å². The molecule has 2 aromatic rings. The van der Waals surface area contributed by atoms with Crippen molar-refractivity contribution >= 4 is 11.5 Å². The van der Waals surface area contributed by atoms with E-state index in [-0.39, 0.29) is 0 Å². The van der Waals surface area contributed by atoms with Gasteiger partial charge in [0.15, 0.2) is 5.82 Å². The number of hydrogen-bond acceptors (Lipinski definition) is 4. The lowest BCUT2D eigenvalue weighted by Gasteiger charge is -1.97. The van der Waals surface area contributed by atoms with E-state index in [1.165, 1.54) is 0 Å². The molecule has 80 valence electrons. The van der Waals surface area contributed by atoms with Gasteiger partial charge in [0.1, 0.15) is 5.75 Å². The van der Waals surface area contributed by atoms with Crippen molar-refractivity contribution in [3.63, 3.8) is 0 Å². The number of azo groups is 1. The van der Waals surface area contributed by atoms with Crippen molar-refractivity contribution in [3.05, 3.63) is 48.7 Å². The van der Waals surface area contributed by atoms with E-state index in [0.717, 1.165) is 5.69 Å². The second-order valence-corrected chi connectivity index (χ2v) is 3.09. The Bertz CT molecular complexity index is 465. The van der Waals surface area contributed by atoms with Gasteiger partial charge in [-0.2, -0.15) is 0 Å². The topological polar surface area (TPSA) is 46.8 Å². The molecule has 0 spiro atoms. The molecule has 0 aliphatic heterocycles. The van der Waals surface area contributed by atoms with E-state index in [9.17, 15) is 0 Å². The van der Waals surface area contributed by atoms with Gasteiger partial charge in [-0.3, -0.25) is 0 Å². The predicted octanol–water partition coefficient (Wildman–Crippen LogP) is 3.51. The molecule has 1 aromatic heterocycles. The second kappa shape index (κ2) is 5.02. The molecule has 0 aliphatic carbocycles. The summed E-state index contributed by atoms with van der Waals surface area (Å²) < 4.78 is 5.00. The van der Waals surface area contributed by atoms with Crippen LogP contribution < -0.4 is 4.74 Å². The van der Waals surface area contributed by atoms with Gasteiger partial charge in [0.05, 0.1) is 19.0 Å². The minimum atomic E-state index is 0.560. The minimum absolute atomic E-state index is 0.560. The lowest BCUT2D eigenvalue weighted by Crippen LogP contribution is -1.82. The Balaban J connectivity index is 2.12. The summed E-state index contributed by atoms with van der Waals surface area (Å²) in [5.41, 5.74) is 0.806. The number of hydrogen-bond donors (Lipinski definition) is 0. The summed E-state index contributed by atoms with van der Waals surface area (Å²) in [5.74, 6) is 1.27. The van der Waals surface area contributed by atoms with Gasteiger partial charge in [-0.25, -0.2) is 4.98 Å². The first-order valence-corrected chi connectivity index (χ1v) is 4.85. The summed E-state index contributed by atoms with van der Waals surface area (Å²) in [6.07, 6.45) is 1.61. The van der Waals surface area contributed by atoms with Crippen LogP contribution >= 0.6 is 0 Å². The van der Waals surface area contributed by atoms with Gasteiger partial charge in [0.2, 0.25) is 0 Å². The minimum Gasteiger partial charge on any atom is -0.495 e. The maximum Gasteiger partial charge on any atom is 0.174 e. The predicted molar refractivity (Wildman–Crippen MR) is 61.4 cm³/mol. The average molecular weight is 213 g/mol. The zero-order valence-corrected chi connectivity index (χ0v) is 8.87. The fourth-order valence-electron chi connectivity index (χ4n) is 1.16. The molecule has 4 nitrogen and oxygen atoms in total. The average Bonchev–Trinajstić information content (AvgIpc) is 2.38. The molecule has 1 heterocycles. The Kier molecular flexibility index (Phi) is 3.23. The van der Waals surface area contributed by atoms with Crippen LogP contribution in [-0.2, 0) is 0 Å². The lowest BCUT2D eigenvalue weighted by molar-refractivity contribution is 0.413. The first kappa shape index (κ1) is 10.3. The molecule has 0 N–H and O–H groups in total. The number of rotatable bonds is 3. The summed E-state index contributed by atoms with van der Waals surface area (Å²) in [6, 6.07) is 13.1. The number of methoxy groups -OCH3 is 1. The van der Waals surface area contributed by atoms with E-state index in [2.05, 4.69) is 15.2 Å². The lowest BCUT2D eigenvalue weighted by atomic mass is 10.3. The summed E-state index contributed by atoms with van der Waals surface area (Å²) in [7, 11) is 1.60.